The van der Waals surface area contributed by atoms with Crippen LogP contribution in [0.3, 0.4) is 0 Å². The van der Waals surface area contributed by atoms with Gasteiger partial charge in [-0.3, -0.25) is 4.79 Å². The van der Waals surface area contributed by atoms with Crippen molar-refractivity contribution in [2.24, 2.45) is 10.2 Å². The van der Waals surface area contributed by atoms with Crippen LogP contribution in [0.2, 0.25) is 0 Å². The summed E-state index contributed by atoms with van der Waals surface area (Å²) in [5.41, 5.74) is -0.184. The summed E-state index contributed by atoms with van der Waals surface area (Å²) >= 11 is 0. The van der Waals surface area contributed by atoms with Crippen LogP contribution in [0, 0.1) is 0 Å². The maximum Gasteiger partial charge on any atom is 0.379 e. The fourth-order valence-corrected chi connectivity index (χ4v) is 0.846. The molecule has 2 N–H and O–H groups in total. The van der Waals surface area contributed by atoms with Gasteiger partial charge in [-0.1, -0.05) is 18.2 Å². The Balaban J connectivity index is 2.84. The molecule has 0 aromatic heterocycles. The third-order valence-corrected chi connectivity index (χ3v) is 1.58. The summed E-state index contributed by atoms with van der Waals surface area (Å²) in [5.74, 6) is -3.02. The molecule has 0 fully saturated rings. The molecule has 6 heteroatoms. The van der Waals surface area contributed by atoms with E-state index in [1.54, 1.807) is 30.3 Å². The van der Waals surface area contributed by atoms with Gasteiger partial charge >= 0.3 is 5.97 Å². The van der Waals surface area contributed by atoms with Gasteiger partial charge in [0.2, 0.25) is 0 Å². The van der Waals surface area contributed by atoms with Crippen molar-refractivity contribution in [3.05, 3.63) is 42.3 Å². The van der Waals surface area contributed by atoms with Crippen LogP contribution in [0.15, 0.2) is 52.5 Å². The highest BCUT2D eigenvalue weighted by molar-refractivity contribution is 6.39. The molecule has 0 unspecified atom stereocenters. The van der Waals surface area contributed by atoms with E-state index >= 15 is 0 Å². The first kappa shape index (κ1) is 11.6. The first-order chi connectivity index (χ1) is 7.65. The highest BCUT2D eigenvalue weighted by Crippen LogP contribution is 2.12. The summed E-state index contributed by atoms with van der Waals surface area (Å²) in [5, 5.41) is 23.9. The van der Waals surface area contributed by atoms with Gasteiger partial charge in [0.15, 0.2) is 5.70 Å². The zero-order valence-electron chi connectivity index (χ0n) is 8.07. The average Bonchev–Trinajstić information content (AvgIpc) is 2.30. The molecule has 0 aliphatic heterocycles. The van der Waals surface area contributed by atoms with E-state index in [0.29, 0.717) is 11.9 Å². The number of hydrogen-bond donors (Lipinski definition) is 2. The van der Waals surface area contributed by atoms with E-state index in [1.807, 2.05) is 0 Å². The van der Waals surface area contributed by atoms with Crippen LogP contribution in [-0.4, -0.2) is 22.0 Å². The second kappa shape index (κ2) is 5.40. The Labute approximate surface area is 90.6 Å². The maximum atomic E-state index is 10.9. The average molecular weight is 220 g/mol. The van der Waals surface area contributed by atoms with Gasteiger partial charge in [0, 0.05) is 0 Å². The summed E-state index contributed by atoms with van der Waals surface area (Å²) in [6, 6.07) is 8.41. The molecule has 82 valence electrons. The van der Waals surface area contributed by atoms with Crippen LogP contribution >= 0.6 is 0 Å². The van der Waals surface area contributed by atoms with Crippen molar-refractivity contribution in [3.63, 3.8) is 0 Å². The van der Waals surface area contributed by atoms with Gasteiger partial charge in [-0.2, -0.15) is 5.11 Å². The van der Waals surface area contributed by atoms with E-state index < -0.39 is 17.4 Å². The molecule has 16 heavy (non-hydrogen) atoms. The second-order valence-corrected chi connectivity index (χ2v) is 2.68. The number of aliphatic carboxylic acids is 1. The lowest BCUT2D eigenvalue weighted by Crippen LogP contribution is -2.13. The number of nitrogens with zero attached hydrogens (tertiary/aromatic N) is 2. The number of azo groups is 1. The van der Waals surface area contributed by atoms with E-state index in [-0.39, 0.29) is 0 Å². The van der Waals surface area contributed by atoms with Crippen LogP contribution in [0.5, 0.6) is 0 Å². The molecule has 1 aromatic rings. The number of ketones is 1. The summed E-state index contributed by atoms with van der Waals surface area (Å²) in [6.07, 6.45) is 0.308. The van der Waals surface area contributed by atoms with Crippen molar-refractivity contribution in [1.29, 1.82) is 0 Å². The number of hydrogen-bond acceptors (Lipinski definition) is 5. The molecule has 0 radical (unpaired) electrons. The van der Waals surface area contributed by atoms with E-state index in [0.717, 1.165) is 0 Å². The molecule has 0 saturated heterocycles. The number of benzene rings is 1. The second-order valence-electron chi connectivity index (χ2n) is 2.68. The van der Waals surface area contributed by atoms with Crippen LogP contribution in [0.4, 0.5) is 5.69 Å². The quantitative estimate of drug-likeness (QED) is 0.350. The normalized spacial score (nSPS) is 11.6. The first-order valence-electron chi connectivity index (χ1n) is 4.24. The Hall–Kier alpha value is -2.50. The summed E-state index contributed by atoms with van der Waals surface area (Å²) < 4.78 is 0. The van der Waals surface area contributed by atoms with Crippen LogP contribution in [-0.2, 0) is 9.59 Å². The molecule has 6 nitrogen and oxygen atoms in total. The number of aliphatic hydroxyl groups excluding tert-OH is 1. The standard InChI is InChI=1S/C10H8N2O4/c13-6-8(9(14)10(15)16)12-11-7-4-2-1-3-5-7/h1-6,13H,(H,15,16)/b8-6+,12-11?. The molecule has 0 aliphatic carbocycles. The van der Waals surface area contributed by atoms with E-state index in [1.165, 1.54) is 0 Å². The fourth-order valence-electron chi connectivity index (χ4n) is 0.846. The Morgan fingerprint density at radius 3 is 2.31 bits per heavy atom. The maximum absolute atomic E-state index is 10.9. The third-order valence-electron chi connectivity index (χ3n) is 1.58. The number of rotatable bonds is 4. The SMILES string of the molecule is O=C(O)C(=O)/C(=C\O)N=Nc1ccccc1. The number of carbonyl (C=O) groups is 2. The minimum absolute atomic E-state index is 0.308. The van der Waals surface area contributed by atoms with Crippen molar-refractivity contribution in [1.82, 2.24) is 0 Å². The monoisotopic (exact) mass is 220 g/mol. The minimum atomic E-state index is -1.70. The number of carboxylic acids is 1. The van der Waals surface area contributed by atoms with Gasteiger partial charge in [-0.25, -0.2) is 4.79 Å². The van der Waals surface area contributed by atoms with Crippen molar-refractivity contribution in [2.75, 3.05) is 0 Å². The van der Waals surface area contributed by atoms with Gasteiger partial charge in [0.05, 0.1) is 5.69 Å². The number of carbonyl (C=O) groups excluding carboxylic acids is 1. The Morgan fingerprint density at radius 1 is 1.19 bits per heavy atom. The van der Waals surface area contributed by atoms with Gasteiger partial charge in [-0.15, -0.1) is 5.11 Å². The zero-order chi connectivity index (χ0) is 12.0. The Bertz CT molecular complexity index is 451. The lowest BCUT2D eigenvalue weighted by Gasteiger charge is -1.93. The van der Waals surface area contributed by atoms with E-state index in [2.05, 4.69) is 10.2 Å². The van der Waals surface area contributed by atoms with Gasteiger partial charge in [0.25, 0.3) is 5.78 Å². The molecule has 0 aliphatic rings. The van der Waals surface area contributed by atoms with Gasteiger partial charge in [0.1, 0.15) is 6.26 Å². The lowest BCUT2D eigenvalue weighted by molar-refractivity contribution is -0.147. The zero-order valence-corrected chi connectivity index (χ0v) is 8.07. The molecule has 1 rings (SSSR count). The molecular formula is C10H8N2O4. The fraction of sp³-hybridized carbons (Fsp3) is 0. The molecule has 1 aromatic carbocycles. The molecule has 0 saturated carbocycles. The first-order valence-corrected chi connectivity index (χ1v) is 4.24. The topological polar surface area (TPSA) is 99.3 Å². The van der Waals surface area contributed by atoms with Crippen molar-refractivity contribution < 1.29 is 19.8 Å². The van der Waals surface area contributed by atoms with Crippen molar-refractivity contribution in [3.8, 4) is 0 Å². The minimum Gasteiger partial charge on any atom is -0.513 e. The number of aliphatic hydroxyl groups is 1. The Morgan fingerprint density at radius 2 is 1.81 bits per heavy atom. The van der Waals surface area contributed by atoms with Crippen LogP contribution < -0.4 is 0 Å². The van der Waals surface area contributed by atoms with Crippen LogP contribution in [0.25, 0.3) is 0 Å². The molecular weight excluding hydrogens is 212 g/mol. The Kier molecular flexibility index (Phi) is 3.90. The van der Waals surface area contributed by atoms with E-state index in [9.17, 15) is 9.59 Å². The van der Waals surface area contributed by atoms with Crippen molar-refractivity contribution >= 4 is 17.4 Å². The molecule has 0 amide bonds. The predicted molar refractivity (Wildman–Crippen MR) is 54.3 cm³/mol. The predicted octanol–water partition coefficient (Wildman–Crippen LogP) is 1.82. The third kappa shape index (κ3) is 3.02. The molecule has 0 bridgehead atoms. The van der Waals surface area contributed by atoms with E-state index in [4.69, 9.17) is 10.2 Å². The van der Waals surface area contributed by atoms with Gasteiger partial charge in [-0.05, 0) is 12.1 Å². The highest BCUT2D eigenvalue weighted by atomic mass is 16.4. The van der Waals surface area contributed by atoms with Gasteiger partial charge < -0.3 is 10.2 Å². The smallest absolute Gasteiger partial charge is 0.379 e. The van der Waals surface area contributed by atoms with Crippen LogP contribution in [0.1, 0.15) is 0 Å². The lowest BCUT2D eigenvalue weighted by atomic mass is 10.3. The number of carboxylic acid groups (broad SMARTS) is 1. The molecule has 0 atom stereocenters. The summed E-state index contributed by atoms with van der Waals surface area (Å²) in [7, 11) is 0. The molecule has 0 spiro atoms. The largest absolute Gasteiger partial charge is 0.513 e. The number of Topliss-reactive ketones (excluding diaryl/α,β-unsaturated/α-hetero) is 1. The highest BCUT2D eigenvalue weighted by Gasteiger charge is 2.17. The summed E-state index contributed by atoms with van der Waals surface area (Å²) in [6.45, 7) is 0. The summed E-state index contributed by atoms with van der Waals surface area (Å²) in [4.78, 5) is 21.2. The van der Waals surface area contributed by atoms with Crippen molar-refractivity contribution in [2.45, 2.75) is 0 Å². The molecule has 0 heterocycles.